The van der Waals surface area contributed by atoms with Gasteiger partial charge in [-0.2, -0.15) is 0 Å². The van der Waals surface area contributed by atoms with Crippen molar-refractivity contribution in [3.05, 3.63) is 41.3 Å². The molecule has 0 unspecified atom stereocenters. The normalized spacial score (nSPS) is 13.8. The molecule has 0 saturated heterocycles. The average Bonchev–Trinajstić information content (AvgIpc) is 3.08. The zero-order valence-corrected chi connectivity index (χ0v) is 14.1. The summed E-state index contributed by atoms with van der Waals surface area (Å²) in [6.45, 7) is -0.421. The Morgan fingerprint density at radius 3 is 2.88 bits per heavy atom. The van der Waals surface area contributed by atoms with Crippen molar-refractivity contribution >= 4 is 38.9 Å². The fourth-order valence-corrected chi connectivity index (χ4v) is 4.21. The predicted molar refractivity (Wildman–Crippen MR) is 88.5 cm³/mol. The van der Waals surface area contributed by atoms with Gasteiger partial charge >= 0.3 is 0 Å². The van der Waals surface area contributed by atoms with E-state index in [2.05, 4.69) is 5.32 Å². The maximum Gasteiger partial charge on any atom is 0.273 e. The van der Waals surface area contributed by atoms with Crippen LogP contribution < -0.4 is 14.8 Å². The number of amides is 2. The third-order valence-corrected chi connectivity index (χ3v) is 6.12. The van der Waals surface area contributed by atoms with Crippen molar-refractivity contribution in [1.82, 2.24) is 4.72 Å². The number of rotatable bonds is 5. The molecular weight excluding hydrogens is 352 g/mol. The highest BCUT2D eigenvalue weighted by molar-refractivity contribution is 7.92. The van der Waals surface area contributed by atoms with E-state index < -0.39 is 22.5 Å². The number of nitrogens with one attached hydrogen (secondary N) is 2. The Morgan fingerprint density at radius 1 is 1.29 bits per heavy atom. The largest absolute Gasteiger partial charge is 0.484 e. The van der Waals surface area contributed by atoms with Gasteiger partial charge < -0.3 is 10.1 Å². The van der Waals surface area contributed by atoms with Crippen LogP contribution in [-0.2, 0) is 26.0 Å². The van der Waals surface area contributed by atoms with E-state index in [1.54, 1.807) is 29.6 Å². The van der Waals surface area contributed by atoms with Crippen LogP contribution >= 0.6 is 11.3 Å². The van der Waals surface area contributed by atoms with E-state index in [-0.39, 0.29) is 10.1 Å². The molecule has 0 aliphatic carbocycles. The van der Waals surface area contributed by atoms with Crippen LogP contribution in [0.4, 0.5) is 5.69 Å². The summed E-state index contributed by atoms with van der Waals surface area (Å²) in [5.41, 5.74) is 1.64. The molecule has 3 rings (SSSR count). The molecular formula is C15H14N2O5S2. The second-order valence-corrected chi connectivity index (χ2v) is 7.97. The predicted octanol–water partition coefficient (Wildman–Crippen LogP) is 1.52. The van der Waals surface area contributed by atoms with E-state index >= 15 is 0 Å². The molecule has 1 aromatic heterocycles. The summed E-state index contributed by atoms with van der Waals surface area (Å²) in [6, 6.07) is 8.05. The summed E-state index contributed by atoms with van der Waals surface area (Å²) in [7, 11) is -3.85. The van der Waals surface area contributed by atoms with Crippen LogP contribution in [0.2, 0.25) is 0 Å². The van der Waals surface area contributed by atoms with E-state index in [4.69, 9.17) is 4.74 Å². The number of ether oxygens (including phenoxy) is 1. The molecule has 1 aliphatic heterocycles. The lowest BCUT2D eigenvalue weighted by Crippen LogP contribution is -2.34. The Morgan fingerprint density at radius 2 is 2.12 bits per heavy atom. The number of anilines is 1. The summed E-state index contributed by atoms with van der Waals surface area (Å²) in [6.07, 6.45) is 0.993. The number of fused-ring (bicyclic) bond motifs is 1. The molecule has 0 spiro atoms. The molecule has 0 saturated carbocycles. The summed E-state index contributed by atoms with van der Waals surface area (Å²) in [5.74, 6) is -0.350. The monoisotopic (exact) mass is 366 g/mol. The van der Waals surface area contributed by atoms with Crippen molar-refractivity contribution < 1.29 is 22.7 Å². The SMILES string of the molecule is O=C1CCc2cc(OCC(=O)NS(=O)(=O)c3cccs3)ccc2N1. The number of thiophene rings is 1. The maximum absolute atomic E-state index is 11.9. The quantitative estimate of drug-likeness (QED) is 0.835. The van der Waals surface area contributed by atoms with Gasteiger partial charge in [0.05, 0.1) is 0 Å². The Hall–Kier alpha value is -2.39. The number of aryl methyl sites for hydroxylation is 1. The Labute approximate surface area is 142 Å². The first-order chi connectivity index (χ1) is 11.4. The van der Waals surface area contributed by atoms with Gasteiger partial charge in [-0.25, -0.2) is 13.1 Å². The summed E-state index contributed by atoms with van der Waals surface area (Å²) in [5, 5.41) is 4.36. The van der Waals surface area contributed by atoms with Crippen LogP contribution in [-0.4, -0.2) is 26.8 Å². The first-order valence-electron chi connectivity index (χ1n) is 7.09. The molecule has 0 radical (unpaired) electrons. The minimum atomic E-state index is -3.85. The number of carbonyl (C=O) groups excluding carboxylic acids is 2. The van der Waals surface area contributed by atoms with Gasteiger partial charge in [0, 0.05) is 12.1 Å². The summed E-state index contributed by atoms with van der Waals surface area (Å²) in [4.78, 5) is 23.1. The van der Waals surface area contributed by atoms with Crippen LogP contribution in [0.25, 0.3) is 0 Å². The number of hydrogen-bond donors (Lipinski definition) is 2. The van der Waals surface area contributed by atoms with Gasteiger partial charge in [0.25, 0.3) is 15.9 Å². The lowest BCUT2D eigenvalue weighted by molar-refractivity contribution is -0.121. The molecule has 0 fully saturated rings. The number of carbonyl (C=O) groups is 2. The van der Waals surface area contributed by atoms with Gasteiger partial charge in [0.2, 0.25) is 5.91 Å². The van der Waals surface area contributed by atoms with Crippen molar-refractivity contribution in [3.8, 4) is 5.75 Å². The molecule has 7 nitrogen and oxygen atoms in total. The first kappa shape index (κ1) is 16.5. The van der Waals surface area contributed by atoms with Gasteiger partial charge in [-0.1, -0.05) is 6.07 Å². The topological polar surface area (TPSA) is 102 Å². The highest BCUT2D eigenvalue weighted by Gasteiger charge is 2.19. The fourth-order valence-electron chi connectivity index (χ4n) is 2.24. The van der Waals surface area contributed by atoms with E-state index in [0.717, 1.165) is 22.6 Å². The highest BCUT2D eigenvalue weighted by atomic mass is 32.2. The minimum Gasteiger partial charge on any atom is -0.484 e. The van der Waals surface area contributed by atoms with Crippen molar-refractivity contribution in [3.63, 3.8) is 0 Å². The van der Waals surface area contributed by atoms with Crippen molar-refractivity contribution in [1.29, 1.82) is 0 Å². The number of benzene rings is 1. The zero-order chi connectivity index (χ0) is 17.2. The minimum absolute atomic E-state index is 0.0330. The average molecular weight is 366 g/mol. The molecule has 0 atom stereocenters. The maximum atomic E-state index is 11.9. The third-order valence-electron chi connectivity index (χ3n) is 3.35. The molecule has 24 heavy (non-hydrogen) atoms. The molecule has 1 aromatic carbocycles. The van der Waals surface area contributed by atoms with E-state index in [9.17, 15) is 18.0 Å². The van der Waals surface area contributed by atoms with Gasteiger partial charge in [-0.15, -0.1) is 11.3 Å². The molecule has 9 heteroatoms. The second-order valence-electron chi connectivity index (χ2n) is 5.12. The van der Waals surface area contributed by atoms with Crippen molar-refractivity contribution in [2.24, 2.45) is 0 Å². The lowest BCUT2D eigenvalue weighted by atomic mass is 10.0. The molecule has 2 amide bonds. The van der Waals surface area contributed by atoms with Crippen molar-refractivity contribution in [2.75, 3.05) is 11.9 Å². The Balaban J connectivity index is 1.60. The fraction of sp³-hybridized carbons (Fsp3) is 0.200. The van der Waals surface area contributed by atoms with Gasteiger partial charge in [0.1, 0.15) is 9.96 Å². The highest BCUT2D eigenvalue weighted by Crippen LogP contribution is 2.26. The van der Waals surface area contributed by atoms with Crippen LogP contribution in [0.15, 0.2) is 39.9 Å². The second kappa shape index (κ2) is 6.62. The molecule has 2 heterocycles. The summed E-state index contributed by atoms with van der Waals surface area (Å²) < 4.78 is 31.2. The lowest BCUT2D eigenvalue weighted by Gasteiger charge is -2.17. The van der Waals surface area contributed by atoms with Crippen LogP contribution in [0, 0.1) is 0 Å². The van der Waals surface area contributed by atoms with E-state index in [1.165, 1.54) is 6.07 Å². The van der Waals surface area contributed by atoms with Crippen molar-refractivity contribution in [2.45, 2.75) is 17.1 Å². The molecule has 0 bridgehead atoms. The van der Waals surface area contributed by atoms with Crippen LogP contribution in [0.3, 0.4) is 0 Å². The third kappa shape index (κ3) is 3.74. The molecule has 2 aromatic rings. The number of sulfonamides is 1. The number of hydrogen-bond acceptors (Lipinski definition) is 6. The molecule has 1 aliphatic rings. The summed E-state index contributed by atoms with van der Waals surface area (Å²) >= 11 is 1.02. The molecule has 126 valence electrons. The first-order valence-corrected chi connectivity index (χ1v) is 9.45. The van der Waals surface area contributed by atoms with E-state index in [0.29, 0.717) is 18.6 Å². The van der Waals surface area contributed by atoms with E-state index in [1.807, 2.05) is 4.72 Å². The standard InChI is InChI=1S/C15H14N2O5S2/c18-13-6-3-10-8-11(4-5-12(10)16-13)22-9-14(19)17-24(20,21)15-2-1-7-23-15/h1-2,4-5,7-8H,3,6,9H2,(H,16,18)(H,17,19). The van der Waals surface area contributed by atoms with Crippen LogP contribution in [0.1, 0.15) is 12.0 Å². The zero-order valence-electron chi connectivity index (χ0n) is 12.4. The van der Waals surface area contributed by atoms with Gasteiger partial charge in [-0.3, -0.25) is 9.59 Å². The van der Waals surface area contributed by atoms with Gasteiger partial charge in [0.15, 0.2) is 6.61 Å². The molecule has 2 N–H and O–H groups in total. The smallest absolute Gasteiger partial charge is 0.273 e. The van der Waals surface area contributed by atoms with Crippen LogP contribution in [0.5, 0.6) is 5.75 Å². The van der Waals surface area contributed by atoms with Gasteiger partial charge in [-0.05, 0) is 41.6 Å². The Kier molecular flexibility index (Phi) is 4.54. The Bertz CT molecular complexity index is 875.